The van der Waals surface area contributed by atoms with Crippen LogP contribution in [0.5, 0.6) is 5.75 Å². The minimum atomic E-state index is 0.0417. The number of hydrogen-bond acceptors (Lipinski definition) is 5. The van der Waals surface area contributed by atoms with Gasteiger partial charge in [0.2, 0.25) is 0 Å². The van der Waals surface area contributed by atoms with Crippen molar-refractivity contribution in [2.45, 2.75) is 23.8 Å². The summed E-state index contributed by atoms with van der Waals surface area (Å²) in [6.45, 7) is 7.05. The largest absolute Gasteiger partial charge is 0.495 e. The number of carbonyl (C=O) groups excluding carboxylic acids is 1. The van der Waals surface area contributed by atoms with Crippen molar-refractivity contribution in [3.05, 3.63) is 77.5 Å². The van der Waals surface area contributed by atoms with Gasteiger partial charge < -0.3 is 14.5 Å². The lowest BCUT2D eigenvalue weighted by molar-refractivity contribution is 0.0742. The monoisotopic (exact) mass is 433 g/mol. The number of nitrogens with zero attached hydrogens (tertiary/aromatic N) is 3. The molecule has 6 heteroatoms. The molecule has 0 aliphatic carbocycles. The van der Waals surface area contributed by atoms with Gasteiger partial charge in [0.1, 0.15) is 10.8 Å². The van der Waals surface area contributed by atoms with E-state index in [1.807, 2.05) is 35.2 Å². The Bertz CT molecular complexity index is 1080. The Morgan fingerprint density at radius 2 is 1.77 bits per heavy atom. The van der Waals surface area contributed by atoms with Crippen LogP contribution in [0.3, 0.4) is 0 Å². The first kappa shape index (κ1) is 21.2. The summed E-state index contributed by atoms with van der Waals surface area (Å²) in [4.78, 5) is 23.2. The van der Waals surface area contributed by atoms with E-state index in [0.29, 0.717) is 18.7 Å². The number of methoxy groups -OCH3 is 1. The Kier molecular flexibility index (Phi) is 6.47. The molecule has 0 spiro atoms. The maximum absolute atomic E-state index is 13.3. The summed E-state index contributed by atoms with van der Waals surface area (Å²) in [6, 6.07) is 18.1. The Balaban J connectivity index is 1.48. The van der Waals surface area contributed by atoms with Crippen molar-refractivity contribution in [3.8, 4) is 5.75 Å². The average Bonchev–Trinajstić information content (AvgIpc) is 2.81. The molecule has 0 radical (unpaired) electrons. The number of rotatable bonds is 5. The summed E-state index contributed by atoms with van der Waals surface area (Å²) < 4.78 is 5.50. The molecule has 0 atom stereocenters. The lowest BCUT2D eigenvalue weighted by Gasteiger charge is -2.36. The molecule has 1 aliphatic rings. The van der Waals surface area contributed by atoms with Crippen molar-refractivity contribution in [1.82, 2.24) is 9.88 Å². The number of hydrogen-bond donors (Lipinski definition) is 0. The molecule has 2 heterocycles. The number of aryl methyl sites for hydroxylation is 2. The van der Waals surface area contributed by atoms with Gasteiger partial charge in [-0.1, -0.05) is 41.6 Å². The molecule has 1 aromatic heterocycles. The number of anilines is 1. The second kappa shape index (κ2) is 9.43. The SMILES string of the molecule is COc1ccccc1N1CCN(C(=O)c2cccnc2Sc2ccc(C)cc2C)CC1. The third-order valence-electron chi connectivity index (χ3n) is 5.53. The summed E-state index contributed by atoms with van der Waals surface area (Å²) in [5.74, 6) is 0.904. The fourth-order valence-electron chi connectivity index (χ4n) is 3.86. The Hall–Kier alpha value is -2.99. The van der Waals surface area contributed by atoms with Gasteiger partial charge in [-0.25, -0.2) is 4.98 Å². The quantitative estimate of drug-likeness (QED) is 0.577. The number of piperazine rings is 1. The number of benzene rings is 2. The lowest BCUT2D eigenvalue weighted by atomic mass is 10.2. The van der Waals surface area contributed by atoms with Crippen LogP contribution in [0.25, 0.3) is 0 Å². The molecule has 4 rings (SSSR count). The lowest BCUT2D eigenvalue weighted by Crippen LogP contribution is -2.49. The van der Waals surface area contributed by atoms with Crippen LogP contribution in [0.1, 0.15) is 21.5 Å². The van der Waals surface area contributed by atoms with E-state index >= 15 is 0 Å². The highest BCUT2D eigenvalue weighted by atomic mass is 32.2. The molecule has 3 aromatic rings. The first-order valence-electron chi connectivity index (χ1n) is 10.4. The summed E-state index contributed by atoms with van der Waals surface area (Å²) in [5.41, 5.74) is 4.16. The van der Waals surface area contributed by atoms with Gasteiger partial charge in [-0.15, -0.1) is 0 Å². The standard InChI is InChI=1S/C25H27N3O2S/c1-18-10-11-23(19(2)17-18)31-24-20(7-6-12-26-24)25(29)28-15-13-27(14-16-28)21-8-4-5-9-22(21)30-3/h4-12,17H,13-16H2,1-3H3. The van der Waals surface area contributed by atoms with Crippen molar-refractivity contribution in [2.24, 2.45) is 0 Å². The van der Waals surface area contributed by atoms with Gasteiger partial charge in [0.25, 0.3) is 5.91 Å². The molecule has 0 saturated carbocycles. The van der Waals surface area contributed by atoms with Crippen molar-refractivity contribution in [1.29, 1.82) is 0 Å². The Labute approximate surface area is 188 Å². The second-order valence-electron chi connectivity index (χ2n) is 7.68. The number of para-hydroxylation sites is 2. The van der Waals surface area contributed by atoms with Crippen molar-refractivity contribution in [3.63, 3.8) is 0 Å². The molecule has 0 N–H and O–H groups in total. The molecule has 2 aromatic carbocycles. The normalized spacial score (nSPS) is 13.9. The van der Waals surface area contributed by atoms with Gasteiger partial charge in [-0.3, -0.25) is 4.79 Å². The zero-order valence-corrected chi connectivity index (χ0v) is 19.0. The molecule has 5 nitrogen and oxygen atoms in total. The highest BCUT2D eigenvalue weighted by Crippen LogP contribution is 2.33. The number of pyridine rings is 1. The molecule has 1 fully saturated rings. The topological polar surface area (TPSA) is 45.7 Å². The van der Waals surface area contributed by atoms with Gasteiger partial charge in [-0.2, -0.15) is 0 Å². The zero-order chi connectivity index (χ0) is 21.8. The van der Waals surface area contributed by atoms with Crippen LogP contribution in [-0.2, 0) is 0 Å². The van der Waals surface area contributed by atoms with Gasteiger partial charge >= 0.3 is 0 Å². The van der Waals surface area contributed by atoms with Crippen molar-refractivity contribution >= 4 is 23.4 Å². The highest BCUT2D eigenvalue weighted by Gasteiger charge is 2.25. The Morgan fingerprint density at radius 3 is 2.52 bits per heavy atom. The molecule has 1 saturated heterocycles. The van der Waals surface area contributed by atoms with Crippen LogP contribution in [0.4, 0.5) is 5.69 Å². The van der Waals surface area contributed by atoms with Crippen LogP contribution in [0.2, 0.25) is 0 Å². The van der Waals surface area contributed by atoms with E-state index in [1.165, 1.54) is 11.1 Å². The predicted molar refractivity (Wildman–Crippen MR) is 125 cm³/mol. The first-order chi connectivity index (χ1) is 15.1. The molecular formula is C25H27N3O2S. The van der Waals surface area contributed by atoms with E-state index in [4.69, 9.17) is 4.74 Å². The summed E-state index contributed by atoms with van der Waals surface area (Å²) in [7, 11) is 1.69. The van der Waals surface area contributed by atoms with E-state index in [0.717, 1.165) is 34.4 Å². The molecule has 1 amide bonds. The molecule has 1 aliphatic heterocycles. The van der Waals surface area contributed by atoms with E-state index in [1.54, 1.807) is 25.1 Å². The summed E-state index contributed by atoms with van der Waals surface area (Å²) in [6.07, 6.45) is 1.75. The number of ether oxygens (including phenoxy) is 1. The average molecular weight is 434 g/mol. The number of amides is 1. The van der Waals surface area contributed by atoms with Crippen LogP contribution in [0.15, 0.2) is 70.7 Å². The number of aromatic nitrogens is 1. The molecular weight excluding hydrogens is 406 g/mol. The first-order valence-corrected chi connectivity index (χ1v) is 11.3. The smallest absolute Gasteiger partial charge is 0.256 e. The third kappa shape index (κ3) is 4.69. The predicted octanol–water partition coefficient (Wildman–Crippen LogP) is 4.82. The minimum absolute atomic E-state index is 0.0417. The fraction of sp³-hybridized carbons (Fsp3) is 0.280. The van der Waals surface area contributed by atoms with Crippen LogP contribution >= 0.6 is 11.8 Å². The summed E-state index contributed by atoms with van der Waals surface area (Å²) in [5, 5.41) is 0.756. The number of carbonyl (C=O) groups is 1. The van der Waals surface area contributed by atoms with E-state index < -0.39 is 0 Å². The van der Waals surface area contributed by atoms with Crippen LogP contribution < -0.4 is 9.64 Å². The fourth-order valence-corrected chi connectivity index (χ4v) is 4.81. The van der Waals surface area contributed by atoms with Crippen molar-refractivity contribution in [2.75, 3.05) is 38.2 Å². The van der Waals surface area contributed by atoms with Gasteiger partial charge in [0.05, 0.1) is 18.4 Å². The van der Waals surface area contributed by atoms with E-state index in [2.05, 4.69) is 48.0 Å². The molecule has 0 bridgehead atoms. The zero-order valence-electron chi connectivity index (χ0n) is 18.2. The highest BCUT2D eigenvalue weighted by molar-refractivity contribution is 7.99. The van der Waals surface area contributed by atoms with Crippen LogP contribution in [0, 0.1) is 13.8 Å². The summed E-state index contributed by atoms with van der Waals surface area (Å²) >= 11 is 1.56. The van der Waals surface area contributed by atoms with Gasteiger partial charge in [0, 0.05) is 37.3 Å². The second-order valence-corrected chi connectivity index (χ2v) is 8.71. The Morgan fingerprint density at radius 1 is 1.00 bits per heavy atom. The molecule has 160 valence electrons. The maximum Gasteiger partial charge on any atom is 0.256 e. The molecule has 31 heavy (non-hydrogen) atoms. The van der Waals surface area contributed by atoms with Crippen LogP contribution in [-0.4, -0.2) is 49.1 Å². The van der Waals surface area contributed by atoms with Gasteiger partial charge in [-0.05, 0) is 49.7 Å². The van der Waals surface area contributed by atoms with E-state index in [9.17, 15) is 4.79 Å². The van der Waals surface area contributed by atoms with Gasteiger partial charge in [0.15, 0.2) is 0 Å². The van der Waals surface area contributed by atoms with Crippen molar-refractivity contribution < 1.29 is 9.53 Å². The third-order valence-corrected chi connectivity index (χ3v) is 6.73. The molecule has 0 unspecified atom stereocenters. The minimum Gasteiger partial charge on any atom is -0.495 e. The van der Waals surface area contributed by atoms with E-state index in [-0.39, 0.29) is 5.91 Å². The maximum atomic E-state index is 13.3.